The molecule has 7 nitrogen and oxygen atoms in total. The highest BCUT2D eigenvalue weighted by Crippen LogP contribution is 2.32. The van der Waals surface area contributed by atoms with Crippen molar-refractivity contribution in [2.45, 2.75) is 25.5 Å². The molecule has 1 atom stereocenters. The van der Waals surface area contributed by atoms with Gasteiger partial charge in [-0.3, -0.25) is 0 Å². The Kier molecular flexibility index (Phi) is 5.49. The molecule has 1 aromatic carbocycles. The highest BCUT2D eigenvalue weighted by molar-refractivity contribution is 7.04. The molecule has 3 aromatic rings. The van der Waals surface area contributed by atoms with Crippen molar-refractivity contribution < 1.29 is 22.7 Å². The van der Waals surface area contributed by atoms with E-state index in [9.17, 15) is 18.0 Å². The minimum Gasteiger partial charge on any atom is -0.468 e. The van der Waals surface area contributed by atoms with Gasteiger partial charge >= 0.3 is 6.03 Å². The summed E-state index contributed by atoms with van der Waals surface area (Å²) in [5.41, 5.74) is 2.44. The number of ether oxygens (including phenoxy) is 1. The lowest BCUT2D eigenvalue weighted by atomic mass is 10.0. The largest absolute Gasteiger partial charge is 0.468 e. The zero-order valence-electron chi connectivity index (χ0n) is 17.4. The predicted octanol–water partition coefficient (Wildman–Crippen LogP) is 4.55. The van der Waals surface area contributed by atoms with Crippen LogP contribution in [0.1, 0.15) is 23.6 Å². The monoisotopic (exact) mass is 473 g/mol. The average molecular weight is 473 g/mol. The number of likely N-dealkylation sites (tertiary alicyclic amines) is 1. The predicted molar refractivity (Wildman–Crippen MR) is 115 cm³/mol. The summed E-state index contributed by atoms with van der Waals surface area (Å²) in [6, 6.07) is 4.97. The van der Waals surface area contributed by atoms with Crippen molar-refractivity contribution in [3.8, 4) is 17.3 Å². The van der Waals surface area contributed by atoms with E-state index in [1.165, 1.54) is 45.9 Å². The Hall–Kier alpha value is -3.47. The van der Waals surface area contributed by atoms with Crippen molar-refractivity contribution in [2.24, 2.45) is 5.10 Å². The van der Waals surface area contributed by atoms with E-state index >= 15 is 0 Å². The van der Waals surface area contributed by atoms with Crippen LogP contribution in [0.4, 0.5) is 18.0 Å². The molecule has 1 saturated heterocycles. The molecule has 1 fully saturated rings. The third-order valence-corrected chi connectivity index (χ3v) is 6.24. The van der Waals surface area contributed by atoms with Crippen LogP contribution in [-0.2, 0) is 0 Å². The van der Waals surface area contributed by atoms with Crippen molar-refractivity contribution in [3.05, 3.63) is 64.3 Å². The smallest absolute Gasteiger partial charge is 0.341 e. The van der Waals surface area contributed by atoms with Gasteiger partial charge in [-0.25, -0.2) is 28.0 Å². The van der Waals surface area contributed by atoms with Gasteiger partial charge in [-0.1, -0.05) is 0 Å². The maximum absolute atomic E-state index is 14.3. The number of carbonyl (C=O) groups excluding carboxylic acids is 1. The van der Waals surface area contributed by atoms with Crippen molar-refractivity contribution in [1.82, 2.24) is 19.3 Å². The van der Waals surface area contributed by atoms with E-state index in [1.807, 2.05) is 12.3 Å². The van der Waals surface area contributed by atoms with E-state index < -0.39 is 35.6 Å². The third-order valence-electron chi connectivity index (χ3n) is 5.50. The first-order valence-corrected chi connectivity index (χ1v) is 11.0. The van der Waals surface area contributed by atoms with Gasteiger partial charge in [0.25, 0.3) is 5.88 Å². The standard InChI is InChI=1S/C22H18F3N5O2S/c1-12-11-33-28-20(12)18-3-2-17(25)21(27-18)32-16-9-29(10-16)22(31)30-19(4-5-26-30)13-6-14(23)8-15(24)7-13/h2-3,5-8,11,16,19H,4,9-10H2,1H3/t19-/m0/s1. The first-order chi connectivity index (χ1) is 15.9. The number of hydrazone groups is 1. The zero-order chi connectivity index (χ0) is 23.1. The van der Waals surface area contributed by atoms with E-state index in [2.05, 4.69) is 14.5 Å². The van der Waals surface area contributed by atoms with Crippen LogP contribution >= 0.6 is 11.5 Å². The van der Waals surface area contributed by atoms with Crippen molar-refractivity contribution in [2.75, 3.05) is 13.1 Å². The van der Waals surface area contributed by atoms with E-state index in [0.717, 1.165) is 11.6 Å². The van der Waals surface area contributed by atoms with Crippen molar-refractivity contribution >= 4 is 23.8 Å². The van der Waals surface area contributed by atoms with Crippen LogP contribution in [0.2, 0.25) is 0 Å². The summed E-state index contributed by atoms with van der Waals surface area (Å²) in [4.78, 5) is 18.6. The van der Waals surface area contributed by atoms with Gasteiger partial charge in [0.05, 0.1) is 24.8 Å². The SMILES string of the molecule is Cc1csnc1-c1ccc(F)c(OC2CN(C(=O)N3N=CC[C@H]3c3cc(F)cc(F)c3)C2)n1. The van der Waals surface area contributed by atoms with Gasteiger partial charge in [0.1, 0.15) is 23.4 Å². The Bertz CT molecular complexity index is 1220. The number of aryl methyl sites for hydroxylation is 1. The molecule has 4 heterocycles. The third kappa shape index (κ3) is 4.15. The lowest BCUT2D eigenvalue weighted by Crippen LogP contribution is -2.59. The van der Waals surface area contributed by atoms with Gasteiger partial charge in [-0.05, 0) is 53.8 Å². The van der Waals surface area contributed by atoms with Crippen LogP contribution < -0.4 is 4.74 Å². The van der Waals surface area contributed by atoms with E-state index in [4.69, 9.17) is 4.74 Å². The maximum atomic E-state index is 14.3. The zero-order valence-corrected chi connectivity index (χ0v) is 18.2. The Morgan fingerprint density at radius 3 is 2.61 bits per heavy atom. The Morgan fingerprint density at radius 2 is 1.91 bits per heavy atom. The minimum absolute atomic E-state index is 0.149. The molecule has 0 unspecified atom stereocenters. The molecule has 170 valence electrons. The van der Waals surface area contributed by atoms with Gasteiger partial charge in [0.2, 0.25) is 0 Å². The molecule has 0 spiro atoms. The molecule has 33 heavy (non-hydrogen) atoms. The van der Waals surface area contributed by atoms with E-state index in [-0.39, 0.29) is 19.0 Å². The highest BCUT2D eigenvalue weighted by atomic mass is 32.1. The normalized spacial score (nSPS) is 18.0. The number of hydrogen-bond acceptors (Lipinski definition) is 6. The molecule has 2 aliphatic heterocycles. The fourth-order valence-corrected chi connectivity index (χ4v) is 4.45. The number of rotatable bonds is 4. The molecule has 2 amide bonds. The molecule has 0 bridgehead atoms. The molecule has 0 saturated carbocycles. The Balaban J connectivity index is 1.24. The molecule has 11 heteroatoms. The first-order valence-electron chi connectivity index (χ1n) is 10.2. The van der Waals surface area contributed by atoms with Gasteiger partial charge in [0, 0.05) is 24.1 Å². The fraction of sp³-hybridized carbons (Fsp3) is 0.273. The second-order valence-electron chi connectivity index (χ2n) is 7.85. The quantitative estimate of drug-likeness (QED) is 0.558. The lowest BCUT2D eigenvalue weighted by Gasteiger charge is -2.40. The van der Waals surface area contributed by atoms with Crippen LogP contribution in [0.15, 0.2) is 40.8 Å². The number of halogens is 3. The maximum Gasteiger partial charge on any atom is 0.341 e. The number of nitrogens with zero attached hydrogens (tertiary/aromatic N) is 5. The molecular formula is C22H18F3N5O2S. The molecule has 5 rings (SSSR count). The first kappa shape index (κ1) is 21.4. The van der Waals surface area contributed by atoms with E-state index in [0.29, 0.717) is 23.4 Å². The second-order valence-corrected chi connectivity index (χ2v) is 8.48. The van der Waals surface area contributed by atoms with Gasteiger partial charge < -0.3 is 9.64 Å². The summed E-state index contributed by atoms with van der Waals surface area (Å²) < 4.78 is 51.5. The summed E-state index contributed by atoms with van der Waals surface area (Å²) >= 11 is 1.29. The second kappa shape index (κ2) is 8.47. The van der Waals surface area contributed by atoms with Crippen molar-refractivity contribution in [1.29, 1.82) is 0 Å². The summed E-state index contributed by atoms with van der Waals surface area (Å²) in [5.74, 6) is -2.18. The minimum atomic E-state index is -0.716. The molecule has 0 aliphatic carbocycles. The molecular weight excluding hydrogens is 455 g/mol. The number of urea groups is 1. The van der Waals surface area contributed by atoms with Gasteiger partial charge in [-0.2, -0.15) is 9.47 Å². The van der Waals surface area contributed by atoms with E-state index in [1.54, 1.807) is 6.07 Å². The van der Waals surface area contributed by atoms with Gasteiger partial charge in [0.15, 0.2) is 5.82 Å². The summed E-state index contributed by atoms with van der Waals surface area (Å²) in [7, 11) is 0. The van der Waals surface area contributed by atoms with Crippen LogP contribution in [0.25, 0.3) is 11.4 Å². The fourth-order valence-electron chi connectivity index (χ4n) is 3.79. The molecule has 2 aliphatic rings. The summed E-state index contributed by atoms with van der Waals surface area (Å²) in [6.45, 7) is 2.30. The summed E-state index contributed by atoms with van der Waals surface area (Å²) in [5, 5.41) is 7.16. The van der Waals surface area contributed by atoms with Gasteiger partial charge in [-0.15, -0.1) is 0 Å². The number of hydrogen-bond donors (Lipinski definition) is 0. The van der Waals surface area contributed by atoms with Crippen LogP contribution in [0.3, 0.4) is 0 Å². The van der Waals surface area contributed by atoms with Crippen LogP contribution in [0.5, 0.6) is 5.88 Å². The topological polar surface area (TPSA) is 70.9 Å². The number of pyridine rings is 1. The summed E-state index contributed by atoms with van der Waals surface area (Å²) in [6.07, 6.45) is 1.43. The van der Waals surface area contributed by atoms with Crippen LogP contribution in [0, 0.1) is 24.4 Å². The molecule has 0 N–H and O–H groups in total. The lowest BCUT2D eigenvalue weighted by molar-refractivity contribution is 0.0231. The molecule has 0 radical (unpaired) electrons. The number of benzene rings is 1. The number of aromatic nitrogens is 2. The molecule has 2 aromatic heterocycles. The van der Waals surface area contributed by atoms with Crippen molar-refractivity contribution in [3.63, 3.8) is 0 Å². The highest BCUT2D eigenvalue weighted by Gasteiger charge is 2.39. The Morgan fingerprint density at radius 1 is 1.15 bits per heavy atom. The van der Waals surface area contributed by atoms with Crippen LogP contribution in [-0.4, -0.2) is 50.7 Å². The number of carbonyl (C=O) groups is 1. The Labute approximate surface area is 191 Å². The average Bonchev–Trinajstić information content (AvgIpc) is 3.39. The number of amides is 2.